The lowest BCUT2D eigenvalue weighted by Crippen LogP contribution is -2.31. The monoisotopic (exact) mass is 327 g/mol. The Labute approximate surface area is 142 Å². The van der Waals surface area contributed by atoms with Crippen LogP contribution >= 0.6 is 12.2 Å². The van der Waals surface area contributed by atoms with E-state index in [0.717, 1.165) is 11.3 Å². The first-order chi connectivity index (χ1) is 11.1. The third-order valence-corrected chi connectivity index (χ3v) is 3.16. The molecule has 2 rings (SSSR count). The summed E-state index contributed by atoms with van der Waals surface area (Å²) >= 11 is 5.18. The number of nitrogens with one attached hydrogen (secondary N) is 2. The van der Waals surface area contributed by atoms with Gasteiger partial charge in [-0.1, -0.05) is 30.3 Å². The fraction of sp³-hybridized carbons (Fsp3) is 0.222. The molecule has 0 atom stereocenters. The van der Waals surface area contributed by atoms with E-state index in [1.54, 1.807) is 6.21 Å². The number of hydrogen-bond donors (Lipinski definition) is 2. The molecule has 0 fully saturated rings. The highest BCUT2D eigenvalue weighted by Crippen LogP contribution is 2.12. The van der Waals surface area contributed by atoms with Gasteiger partial charge in [0, 0.05) is 6.54 Å². The molecule has 0 amide bonds. The van der Waals surface area contributed by atoms with Gasteiger partial charge in [-0.05, 0) is 61.5 Å². The van der Waals surface area contributed by atoms with Gasteiger partial charge in [0.25, 0.3) is 0 Å². The summed E-state index contributed by atoms with van der Waals surface area (Å²) in [6.07, 6.45) is 1.89. The van der Waals surface area contributed by atoms with Crippen LogP contribution in [0.4, 0.5) is 0 Å². The maximum Gasteiger partial charge on any atom is 0.187 e. The molecule has 0 saturated carbocycles. The van der Waals surface area contributed by atoms with Gasteiger partial charge in [-0.15, -0.1) is 0 Å². The van der Waals surface area contributed by atoms with Crippen molar-refractivity contribution in [2.75, 3.05) is 0 Å². The van der Waals surface area contributed by atoms with Crippen LogP contribution in [-0.4, -0.2) is 17.4 Å². The summed E-state index contributed by atoms with van der Waals surface area (Å²) in [6, 6.07) is 17.8. The van der Waals surface area contributed by atoms with Crippen LogP contribution in [0.15, 0.2) is 59.7 Å². The number of hydrogen-bond acceptors (Lipinski definition) is 3. The Balaban J connectivity index is 1.76. The number of nitrogens with zero attached hydrogens (tertiary/aromatic N) is 1. The van der Waals surface area contributed by atoms with E-state index in [9.17, 15) is 0 Å². The third-order valence-electron chi connectivity index (χ3n) is 2.93. The molecule has 0 heterocycles. The summed E-state index contributed by atoms with van der Waals surface area (Å²) in [5.74, 6) is 0.852. The first-order valence-electron chi connectivity index (χ1n) is 7.51. The van der Waals surface area contributed by atoms with Crippen molar-refractivity contribution in [3.8, 4) is 5.75 Å². The van der Waals surface area contributed by atoms with Gasteiger partial charge in [0.1, 0.15) is 5.75 Å². The van der Waals surface area contributed by atoms with Crippen molar-refractivity contribution in [3.05, 3.63) is 65.7 Å². The van der Waals surface area contributed by atoms with Gasteiger partial charge in [-0.25, -0.2) is 0 Å². The maximum absolute atomic E-state index is 5.59. The molecule has 2 N–H and O–H groups in total. The molecule has 0 unspecified atom stereocenters. The normalized spacial score (nSPS) is 10.7. The van der Waals surface area contributed by atoms with Crippen molar-refractivity contribution in [1.29, 1.82) is 0 Å². The Morgan fingerprint density at radius 3 is 2.48 bits per heavy atom. The number of ether oxygens (including phenoxy) is 1. The van der Waals surface area contributed by atoms with E-state index in [4.69, 9.17) is 17.0 Å². The fourth-order valence-electron chi connectivity index (χ4n) is 1.89. The van der Waals surface area contributed by atoms with Crippen molar-refractivity contribution in [3.63, 3.8) is 0 Å². The molecule has 2 aromatic carbocycles. The lowest BCUT2D eigenvalue weighted by Gasteiger charge is -2.09. The molecule has 4 nitrogen and oxygen atoms in total. The Morgan fingerprint density at radius 1 is 1.13 bits per heavy atom. The van der Waals surface area contributed by atoms with Gasteiger partial charge < -0.3 is 10.1 Å². The smallest absolute Gasteiger partial charge is 0.187 e. The van der Waals surface area contributed by atoms with E-state index in [2.05, 4.69) is 15.8 Å². The Kier molecular flexibility index (Phi) is 6.56. The van der Waals surface area contributed by atoms with Crippen molar-refractivity contribution >= 4 is 23.5 Å². The molecule has 0 aliphatic heterocycles. The Morgan fingerprint density at radius 2 is 1.83 bits per heavy atom. The second kappa shape index (κ2) is 8.90. The largest absolute Gasteiger partial charge is 0.491 e. The Bertz CT molecular complexity index is 639. The SMILES string of the molecule is CC(C)Oc1ccc(/C=N/NC(=S)NCc2ccccc2)cc1. The summed E-state index contributed by atoms with van der Waals surface area (Å²) in [7, 11) is 0. The third kappa shape index (κ3) is 6.48. The first kappa shape index (κ1) is 17.0. The van der Waals surface area contributed by atoms with Gasteiger partial charge in [-0.3, -0.25) is 5.43 Å². The van der Waals surface area contributed by atoms with E-state index >= 15 is 0 Å². The zero-order chi connectivity index (χ0) is 16.5. The van der Waals surface area contributed by atoms with Crippen LogP contribution in [0.3, 0.4) is 0 Å². The minimum atomic E-state index is 0.171. The molecule has 0 spiro atoms. The molecule has 0 bridgehead atoms. The van der Waals surface area contributed by atoms with Crippen molar-refractivity contribution in [2.24, 2.45) is 5.10 Å². The lowest BCUT2D eigenvalue weighted by molar-refractivity contribution is 0.242. The zero-order valence-electron chi connectivity index (χ0n) is 13.3. The molecular formula is C18H21N3OS. The summed E-state index contributed by atoms with van der Waals surface area (Å²) in [4.78, 5) is 0. The van der Waals surface area contributed by atoms with E-state index < -0.39 is 0 Å². The highest BCUT2D eigenvalue weighted by atomic mass is 32.1. The maximum atomic E-state index is 5.59. The van der Waals surface area contributed by atoms with E-state index in [-0.39, 0.29) is 6.10 Å². The van der Waals surface area contributed by atoms with Gasteiger partial charge in [0.2, 0.25) is 0 Å². The fourth-order valence-corrected chi connectivity index (χ4v) is 2.01. The van der Waals surface area contributed by atoms with Gasteiger partial charge in [0.05, 0.1) is 12.3 Å². The molecule has 0 aliphatic carbocycles. The minimum absolute atomic E-state index is 0.171. The number of rotatable bonds is 6. The summed E-state index contributed by atoms with van der Waals surface area (Å²) in [5.41, 5.74) is 4.95. The van der Waals surface area contributed by atoms with Crippen LogP contribution in [0.1, 0.15) is 25.0 Å². The van der Waals surface area contributed by atoms with Crippen LogP contribution in [0.5, 0.6) is 5.75 Å². The van der Waals surface area contributed by atoms with Gasteiger partial charge in [0.15, 0.2) is 5.11 Å². The van der Waals surface area contributed by atoms with E-state index in [1.807, 2.05) is 68.4 Å². The molecule has 5 heteroatoms. The first-order valence-corrected chi connectivity index (χ1v) is 7.92. The molecule has 0 saturated heterocycles. The summed E-state index contributed by atoms with van der Waals surface area (Å²) in [5, 5.41) is 7.72. The number of hydrazone groups is 1. The zero-order valence-corrected chi connectivity index (χ0v) is 14.1. The van der Waals surface area contributed by atoms with Crippen molar-refractivity contribution in [1.82, 2.24) is 10.7 Å². The Hall–Kier alpha value is -2.40. The lowest BCUT2D eigenvalue weighted by atomic mass is 10.2. The molecule has 0 aromatic heterocycles. The number of thiocarbonyl (C=S) groups is 1. The van der Waals surface area contributed by atoms with E-state index in [0.29, 0.717) is 11.7 Å². The van der Waals surface area contributed by atoms with Crippen LogP contribution < -0.4 is 15.5 Å². The second-order valence-electron chi connectivity index (χ2n) is 5.27. The quantitative estimate of drug-likeness (QED) is 0.484. The molecule has 0 radical (unpaired) electrons. The highest BCUT2D eigenvalue weighted by Gasteiger charge is 1.97. The summed E-state index contributed by atoms with van der Waals surface area (Å²) in [6.45, 7) is 4.68. The average molecular weight is 327 g/mol. The summed E-state index contributed by atoms with van der Waals surface area (Å²) < 4.78 is 5.59. The minimum Gasteiger partial charge on any atom is -0.491 e. The number of benzene rings is 2. The van der Waals surface area contributed by atoms with Crippen LogP contribution in [-0.2, 0) is 6.54 Å². The predicted molar refractivity (Wildman–Crippen MR) is 98.8 cm³/mol. The van der Waals surface area contributed by atoms with Crippen molar-refractivity contribution in [2.45, 2.75) is 26.5 Å². The topological polar surface area (TPSA) is 45.6 Å². The second-order valence-corrected chi connectivity index (χ2v) is 5.68. The molecule has 0 aliphatic rings. The van der Waals surface area contributed by atoms with Crippen LogP contribution in [0.25, 0.3) is 0 Å². The molecule has 120 valence electrons. The van der Waals surface area contributed by atoms with Crippen LogP contribution in [0.2, 0.25) is 0 Å². The molecule has 23 heavy (non-hydrogen) atoms. The van der Waals surface area contributed by atoms with Crippen molar-refractivity contribution < 1.29 is 4.74 Å². The predicted octanol–water partition coefficient (Wildman–Crippen LogP) is 3.47. The molecule has 2 aromatic rings. The average Bonchev–Trinajstić information content (AvgIpc) is 2.55. The molecular weight excluding hydrogens is 306 g/mol. The highest BCUT2D eigenvalue weighted by molar-refractivity contribution is 7.80. The van der Waals surface area contributed by atoms with Gasteiger partial charge >= 0.3 is 0 Å². The van der Waals surface area contributed by atoms with Gasteiger partial charge in [-0.2, -0.15) is 5.10 Å². The van der Waals surface area contributed by atoms with Crippen LogP contribution in [0, 0.1) is 0 Å². The van der Waals surface area contributed by atoms with E-state index in [1.165, 1.54) is 5.56 Å². The standard InChI is InChI=1S/C18H21N3OS/c1-14(2)22-17-10-8-16(9-11-17)13-20-21-18(23)19-12-15-6-4-3-5-7-15/h3-11,13-14H,12H2,1-2H3,(H2,19,21,23)/b20-13+.